The number of nitrogens with one attached hydrogen (secondary N) is 2. The van der Waals surface area contributed by atoms with Crippen LogP contribution >= 0.6 is 0 Å². The van der Waals surface area contributed by atoms with E-state index in [2.05, 4.69) is 41.6 Å². The van der Waals surface area contributed by atoms with Crippen molar-refractivity contribution >= 4 is 5.96 Å². The molecular weight excluding hydrogens is 290 g/mol. The minimum absolute atomic E-state index is 0.0246. The second-order valence-electron chi connectivity index (χ2n) is 5.44. The third-order valence-corrected chi connectivity index (χ3v) is 3.17. The van der Waals surface area contributed by atoms with Gasteiger partial charge in [-0.3, -0.25) is 0 Å². The number of nitrogens with zero attached hydrogens (tertiary/aromatic N) is 1. The summed E-state index contributed by atoms with van der Waals surface area (Å²) in [6.07, 6.45) is 0.991. The average molecular weight is 321 g/mol. The summed E-state index contributed by atoms with van der Waals surface area (Å²) < 4.78 is 11.2. The van der Waals surface area contributed by atoms with Gasteiger partial charge in [0.25, 0.3) is 0 Å². The molecule has 1 atom stereocenters. The smallest absolute Gasteiger partial charge is 0.191 e. The molecule has 0 aromatic heterocycles. The third kappa shape index (κ3) is 9.08. The Kier molecular flexibility index (Phi) is 9.87. The van der Waals surface area contributed by atoms with Gasteiger partial charge < -0.3 is 20.1 Å². The van der Waals surface area contributed by atoms with Crippen molar-refractivity contribution in [3.8, 4) is 5.75 Å². The summed E-state index contributed by atoms with van der Waals surface area (Å²) in [5.74, 6) is 1.70. The Hall–Kier alpha value is -1.75. The highest BCUT2D eigenvalue weighted by atomic mass is 16.5. The normalized spacial score (nSPS) is 12.8. The van der Waals surface area contributed by atoms with Crippen LogP contribution in [0.2, 0.25) is 0 Å². The van der Waals surface area contributed by atoms with Crippen LogP contribution in [0.15, 0.2) is 29.3 Å². The summed E-state index contributed by atoms with van der Waals surface area (Å²) in [5, 5.41) is 6.55. The number of ether oxygens (including phenoxy) is 2. The summed E-state index contributed by atoms with van der Waals surface area (Å²) in [7, 11) is 0. The molecule has 1 aromatic rings. The Morgan fingerprint density at radius 1 is 1.17 bits per heavy atom. The first-order valence-electron chi connectivity index (χ1n) is 8.49. The van der Waals surface area contributed by atoms with E-state index in [9.17, 15) is 0 Å². The largest absolute Gasteiger partial charge is 0.489 e. The van der Waals surface area contributed by atoms with E-state index in [0.717, 1.165) is 44.4 Å². The highest BCUT2D eigenvalue weighted by molar-refractivity contribution is 5.79. The van der Waals surface area contributed by atoms with Gasteiger partial charge in [-0.25, -0.2) is 4.99 Å². The van der Waals surface area contributed by atoms with Crippen LogP contribution in [0.25, 0.3) is 0 Å². The van der Waals surface area contributed by atoms with Crippen molar-refractivity contribution in [3.05, 3.63) is 29.8 Å². The van der Waals surface area contributed by atoms with E-state index in [1.807, 2.05) is 26.0 Å². The predicted octanol–water partition coefficient (Wildman–Crippen LogP) is 2.74. The zero-order valence-electron chi connectivity index (χ0n) is 14.9. The molecule has 1 aromatic carbocycles. The summed E-state index contributed by atoms with van der Waals surface area (Å²) in [4.78, 5) is 4.57. The van der Waals surface area contributed by atoms with Gasteiger partial charge in [-0.05, 0) is 46.2 Å². The lowest BCUT2D eigenvalue weighted by Gasteiger charge is -2.15. The molecular formula is C18H31N3O2. The number of aryl methyl sites for hydroxylation is 1. The number of benzene rings is 1. The maximum absolute atomic E-state index is 5.87. The van der Waals surface area contributed by atoms with Crippen molar-refractivity contribution in [1.82, 2.24) is 10.6 Å². The van der Waals surface area contributed by atoms with Crippen molar-refractivity contribution in [1.29, 1.82) is 0 Å². The van der Waals surface area contributed by atoms with Crippen LogP contribution in [0.1, 0.15) is 32.8 Å². The maximum Gasteiger partial charge on any atom is 0.191 e. The zero-order chi connectivity index (χ0) is 16.9. The van der Waals surface area contributed by atoms with Gasteiger partial charge in [-0.1, -0.05) is 17.7 Å². The van der Waals surface area contributed by atoms with Crippen molar-refractivity contribution in [2.45, 2.75) is 40.2 Å². The van der Waals surface area contributed by atoms with Crippen molar-refractivity contribution in [2.24, 2.45) is 4.99 Å². The van der Waals surface area contributed by atoms with E-state index in [4.69, 9.17) is 9.47 Å². The second kappa shape index (κ2) is 11.8. The van der Waals surface area contributed by atoms with Gasteiger partial charge >= 0.3 is 0 Å². The molecule has 0 aliphatic carbocycles. The number of hydrogen-bond donors (Lipinski definition) is 2. The van der Waals surface area contributed by atoms with Crippen molar-refractivity contribution in [2.75, 3.05) is 32.8 Å². The van der Waals surface area contributed by atoms with Crippen molar-refractivity contribution in [3.63, 3.8) is 0 Å². The second-order valence-corrected chi connectivity index (χ2v) is 5.44. The molecule has 0 heterocycles. The quantitative estimate of drug-likeness (QED) is 0.395. The molecule has 0 saturated heterocycles. The maximum atomic E-state index is 5.87. The molecule has 23 heavy (non-hydrogen) atoms. The van der Waals surface area contributed by atoms with Crippen LogP contribution in [0.3, 0.4) is 0 Å². The molecule has 0 bridgehead atoms. The SMILES string of the molecule is CCNC(=NCC(C)Oc1ccc(C)cc1)NCCCOCC. The fraction of sp³-hybridized carbons (Fsp3) is 0.611. The molecule has 5 heteroatoms. The Bertz CT molecular complexity index is 446. The summed E-state index contributed by atoms with van der Waals surface area (Å²) in [6.45, 7) is 12.0. The zero-order valence-corrected chi connectivity index (χ0v) is 14.9. The summed E-state index contributed by atoms with van der Waals surface area (Å²) >= 11 is 0. The van der Waals surface area contributed by atoms with Gasteiger partial charge in [0, 0.05) is 26.3 Å². The monoisotopic (exact) mass is 321 g/mol. The first-order chi connectivity index (χ1) is 11.2. The van der Waals surface area contributed by atoms with Gasteiger partial charge in [0.2, 0.25) is 0 Å². The molecule has 0 aliphatic heterocycles. The summed E-state index contributed by atoms with van der Waals surface area (Å²) in [5.41, 5.74) is 1.23. The highest BCUT2D eigenvalue weighted by Gasteiger charge is 2.04. The van der Waals surface area contributed by atoms with E-state index in [1.54, 1.807) is 0 Å². The van der Waals surface area contributed by atoms with Crippen molar-refractivity contribution < 1.29 is 9.47 Å². The molecule has 2 N–H and O–H groups in total. The van der Waals surface area contributed by atoms with Crippen LogP contribution in [-0.4, -0.2) is 44.9 Å². The molecule has 1 unspecified atom stereocenters. The van der Waals surface area contributed by atoms with Gasteiger partial charge in [-0.15, -0.1) is 0 Å². The van der Waals surface area contributed by atoms with Gasteiger partial charge in [0.15, 0.2) is 5.96 Å². The van der Waals surface area contributed by atoms with Gasteiger partial charge in [0.1, 0.15) is 11.9 Å². The Morgan fingerprint density at radius 2 is 1.91 bits per heavy atom. The fourth-order valence-corrected chi connectivity index (χ4v) is 1.97. The van der Waals surface area contributed by atoms with Crippen LogP contribution < -0.4 is 15.4 Å². The molecule has 0 spiro atoms. The van der Waals surface area contributed by atoms with E-state index >= 15 is 0 Å². The molecule has 5 nitrogen and oxygen atoms in total. The minimum Gasteiger partial charge on any atom is -0.489 e. The van der Waals surface area contributed by atoms with Crippen LogP contribution in [0.5, 0.6) is 5.75 Å². The predicted molar refractivity (Wildman–Crippen MR) is 96.4 cm³/mol. The highest BCUT2D eigenvalue weighted by Crippen LogP contribution is 2.13. The first kappa shape index (κ1) is 19.3. The molecule has 130 valence electrons. The number of guanidine groups is 1. The molecule has 0 radical (unpaired) electrons. The number of rotatable bonds is 10. The Labute approximate surface area is 140 Å². The van der Waals surface area contributed by atoms with E-state index in [-0.39, 0.29) is 6.10 Å². The molecule has 0 amide bonds. The summed E-state index contributed by atoms with van der Waals surface area (Å²) in [6, 6.07) is 8.09. The minimum atomic E-state index is 0.0246. The lowest BCUT2D eigenvalue weighted by molar-refractivity contribution is 0.145. The lowest BCUT2D eigenvalue weighted by Crippen LogP contribution is -2.38. The molecule has 0 fully saturated rings. The van der Waals surface area contributed by atoms with E-state index in [0.29, 0.717) is 6.54 Å². The van der Waals surface area contributed by atoms with E-state index in [1.165, 1.54) is 5.56 Å². The van der Waals surface area contributed by atoms with Gasteiger partial charge in [-0.2, -0.15) is 0 Å². The third-order valence-electron chi connectivity index (χ3n) is 3.17. The standard InChI is InChI=1S/C18H31N3O2/c1-5-19-18(20-12-7-13-22-6-2)21-14-16(4)23-17-10-8-15(3)9-11-17/h8-11,16H,5-7,12-14H2,1-4H3,(H2,19,20,21). The Morgan fingerprint density at radius 3 is 2.57 bits per heavy atom. The number of hydrogen-bond acceptors (Lipinski definition) is 3. The Balaban J connectivity index is 2.37. The topological polar surface area (TPSA) is 54.9 Å². The molecule has 0 aliphatic rings. The lowest BCUT2D eigenvalue weighted by atomic mass is 10.2. The fourth-order valence-electron chi connectivity index (χ4n) is 1.97. The first-order valence-corrected chi connectivity index (χ1v) is 8.49. The van der Waals surface area contributed by atoms with Gasteiger partial charge in [0.05, 0.1) is 6.54 Å². The van der Waals surface area contributed by atoms with Crippen LogP contribution in [0, 0.1) is 6.92 Å². The molecule has 0 saturated carbocycles. The number of aliphatic imine (C=N–C) groups is 1. The van der Waals surface area contributed by atoms with E-state index < -0.39 is 0 Å². The average Bonchev–Trinajstić information content (AvgIpc) is 2.54. The molecule has 1 rings (SSSR count). The van der Waals surface area contributed by atoms with Crippen LogP contribution in [-0.2, 0) is 4.74 Å². The van der Waals surface area contributed by atoms with Crippen LogP contribution in [0.4, 0.5) is 0 Å².